The van der Waals surface area contributed by atoms with Gasteiger partial charge in [-0.15, -0.1) is 0 Å². The third-order valence-electron chi connectivity index (χ3n) is 6.22. The number of likely N-dealkylation sites (tertiary alicyclic amines) is 1. The highest BCUT2D eigenvalue weighted by atomic mass is 28.3. The Morgan fingerprint density at radius 1 is 1.09 bits per heavy atom. The van der Waals surface area contributed by atoms with E-state index in [1.807, 2.05) is 63.2 Å². The van der Waals surface area contributed by atoms with E-state index in [2.05, 4.69) is 33.9 Å². The average molecular weight is 458 g/mol. The van der Waals surface area contributed by atoms with Crippen molar-refractivity contribution in [2.45, 2.75) is 78.5 Å². The van der Waals surface area contributed by atoms with E-state index in [1.54, 1.807) is 4.90 Å². The van der Waals surface area contributed by atoms with Crippen LogP contribution in [0.5, 0.6) is 0 Å². The van der Waals surface area contributed by atoms with Crippen molar-refractivity contribution in [3.05, 3.63) is 48.0 Å². The summed E-state index contributed by atoms with van der Waals surface area (Å²) in [6.07, 6.45) is -0.868. The zero-order valence-corrected chi connectivity index (χ0v) is 22.0. The van der Waals surface area contributed by atoms with E-state index in [4.69, 9.17) is 9.16 Å². The highest BCUT2D eigenvalue weighted by Gasteiger charge is 2.57. The summed E-state index contributed by atoms with van der Waals surface area (Å²) in [5.41, 5.74) is -1.07. The Labute approximate surface area is 194 Å². The first kappa shape index (κ1) is 24.7. The fourth-order valence-corrected chi connectivity index (χ4v) is 5.77. The number of fused-ring (bicyclic) bond motifs is 1. The predicted molar refractivity (Wildman–Crippen MR) is 132 cm³/mol. The van der Waals surface area contributed by atoms with Gasteiger partial charge in [0.15, 0.2) is 14.8 Å². The van der Waals surface area contributed by atoms with Crippen LogP contribution in [0.25, 0.3) is 10.8 Å². The molecule has 0 bridgehead atoms. The van der Waals surface area contributed by atoms with Crippen LogP contribution < -0.4 is 0 Å². The molecule has 1 aliphatic rings. The maximum atomic E-state index is 13.5. The van der Waals surface area contributed by atoms with Gasteiger partial charge in [-0.2, -0.15) is 0 Å². The first-order valence-corrected chi connectivity index (χ1v) is 14.4. The average Bonchev–Trinajstić information content (AvgIpc) is 3.06. The second-order valence-corrected chi connectivity index (χ2v) is 13.7. The minimum absolute atomic E-state index is 0.0532. The van der Waals surface area contributed by atoms with Crippen LogP contribution in [0.1, 0.15) is 59.6 Å². The number of hydrogen-bond donors (Lipinski definition) is 1. The number of benzene rings is 2. The molecule has 0 spiro atoms. The zero-order valence-electron chi connectivity index (χ0n) is 20.8. The smallest absolute Gasteiger partial charge is 0.412 e. The van der Waals surface area contributed by atoms with Gasteiger partial charge in [-0.1, -0.05) is 63.2 Å². The van der Waals surface area contributed by atoms with Crippen molar-refractivity contribution in [1.29, 1.82) is 0 Å². The molecule has 2 aromatic carbocycles. The van der Waals surface area contributed by atoms with Crippen molar-refractivity contribution in [3.8, 4) is 0 Å². The molecule has 2 aromatic rings. The van der Waals surface area contributed by atoms with Crippen LogP contribution in [-0.4, -0.2) is 43.0 Å². The molecule has 3 atom stereocenters. The van der Waals surface area contributed by atoms with Crippen LogP contribution in [0.3, 0.4) is 0 Å². The number of carbonyl (C=O) groups is 1. The Bertz CT molecular complexity index is 957. The van der Waals surface area contributed by atoms with Gasteiger partial charge >= 0.3 is 6.09 Å². The van der Waals surface area contributed by atoms with Gasteiger partial charge in [-0.25, -0.2) is 4.79 Å². The summed E-state index contributed by atoms with van der Waals surface area (Å²) in [7, 11) is -1.66. The molecule has 1 aliphatic heterocycles. The SMILES string of the molecule is C[SiH](C)O[C@]1(C(O)c2cccc3ccccc23)C[C@H](C(C)(C)C)CN1C(=O)OC(C)(C)C. The summed E-state index contributed by atoms with van der Waals surface area (Å²) in [5.74, 6) is 0.160. The van der Waals surface area contributed by atoms with E-state index >= 15 is 0 Å². The number of hydrogen-bond acceptors (Lipinski definition) is 4. The lowest BCUT2D eigenvalue weighted by Gasteiger charge is -2.43. The van der Waals surface area contributed by atoms with Crippen LogP contribution in [0, 0.1) is 11.3 Å². The largest absolute Gasteiger partial charge is 0.444 e. The molecule has 0 aliphatic carbocycles. The monoisotopic (exact) mass is 457 g/mol. The summed E-state index contributed by atoms with van der Waals surface area (Å²) in [6, 6.07) is 13.9. The standard InChI is InChI=1S/C26H39NO4Si/c1-24(2,3)19-16-26(31-32(7)8,27(17-19)23(29)30-25(4,5)6)22(28)21-15-11-13-18-12-9-10-14-20(18)21/h9-15,19,22,28,32H,16-17H2,1-8H3/t19-,22?,26-/m0/s1. The molecule has 0 radical (unpaired) electrons. The van der Waals surface area contributed by atoms with E-state index in [-0.39, 0.29) is 11.3 Å². The Morgan fingerprint density at radius 3 is 2.31 bits per heavy atom. The molecule has 176 valence electrons. The molecule has 5 nitrogen and oxygen atoms in total. The van der Waals surface area contributed by atoms with E-state index < -0.39 is 32.6 Å². The lowest BCUT2D eigenvalue weighted by molar-refractivity contribution is -0.140. The van der Waals surface area contributed by atoms with E-state index in [0.717, 1.165) is 16.3 Å². The number of aliphatic hydroxyl groups is 1. The number of amides is 1. The van der Waals surface area contributed by atoms with Crippen molar-refractivity contribution in [2.75, 3.05) is 6.54 Å². The lowest BCUT2D eigenvalue weighted by atomic mass is 9.78. The molecule has 3 rings (SSSR count). The quantitative estimate of drug-likeness (QED) is 0.583. The number of ether oxygens (including phenoxy) is 1. The van der Waals surface area contributed by atoms with E-state index in [9.17, 15) is 9.90 Å². The maximum absolute atomic E-state index is 13.5. The predicted octanol–water partition coefficient (Wildman–Crippen LogP) is 5.87. The molecule has 1 N–H and O–H groups in total. The van der Waals surface area contributed by atoms with Crippen LogP contribution in [0.2, 0.25) is 13.1 Å². The second-order valence-electron chi connectivity index (χ2n) is 11.3. The van der Waals surface area contributed by atoms with Crippen LogP contribution in [0.15, 0.2) is 42.5 Å². The number of rotatable bonds is 4. The molecule has 0 saturated carbocycles. The fourth-order valence-electron chi connectivity index (χ4n) is 4.60. The van der Waals surface area contributed by atoms with Gasteiger partial charge < -0.3 is 14.3 Å². The summed E-state index contributed by atoms with van der Waals surface area (Å²) in [6.45, 7) is 16.8. The van der Waals surface area contributed by atoms with Crippen molar-refractivity contribution < 1.29 is 19.1 Å². The minimum Gasteiger partial charge on any atom is -0.444 e. The van der Waals surface area contributed by atoms with Gasteiger partial charge in [-0.3, -0.25) is 4.90 Å². The van der Waals surface area contributed by atoms with Gasteiger partial charge in [0.1, 0.15) is 11.7 Å². The Kier molecular flexibility index (Phi) is 6.81. The van der Waals surface area contributed by atoms with Gasteiger partial charge in [-0.05, 0) is 61.5 Å². The van der Waals surface area contributed by atoms with E-state index in [1.165, 1.54) is 0 Å². The third kappa shape index (κ3) is 5.03. The molecule has 1 heterocycles. The molecule has 1 unspecified atom stereocenters. The van der Waals surface area contributed by atoms with Crippen molar-refractivity contribution in [3.63, 3.8) is 0 Å². The summed E-state index contributed by atoms with van der Waals surface area (Å²) in [5, 5.41) is 14.0. The van der Waals surface area contributed by atoms with Gasteiger partial charge in [0.25, 0.3) is 0 Å². The van der Waals surface area contributed by atoms with Crippen LogP contribution >= 0.6 is 0 Å². The van der Waals surface area contributed by atoms with Gasteiger partial charge in [0.2, 0.25) is 0 Å². The lowest BCUT2D eigenvalue weighted by Crippen LogP contribution is -2.56. The molecular formula is C26H39NO4Si. The third-order valence-corrected chi connectivity index (χ3v) is 7.10. The minimum atomic E-state index is -1.66. The van der Waals surface area contributed by atoms with Gasteiger partial charge in [0, 0.05) is 13.0 Å². The number of aliphatic hydroxyl groups excluding tert-OH is 1. The maximum Gasteiger partial charge on any atom is 0.412 e. The molecule has 1 amide bonds. The van der Waals surface area contributed by atoms with Crippen LogP contribution in [-0.2, 0) is 9.16 Å². The molecule has 1 saturated heterocycles. The van der Waals surface area contributed by atoms with Crippen molar-refractivity contribution in [1.82, 2.24) is 4.90 Å². The molecule has 32 heavy (non-hydrogen) atoms. The Balaban J connectivity index is 2.16. The molecule has 1 fully saturated rings. The normalized spacial score (nSPS) is 23.1. The van der Waals surface area contributed by atoms with Crippen molar-refractivity contribution >= 4 is 25.9 Å². The van der Waals surface area contributed by atoms with Gasteiger partial charge in [0.05, 0.1) is 0 Å². The molecule has 0 aromatic heterocycles. The first-order valence-electron chi connectivity index (χ1n) is 11.6. The highest BCUT2D eigenvalue weighted by molar-refractivity contribution is 6.48. The molecular weight excluding hydrogens is 418 g/mol. The Hall–Kier alpha value is -1.89. The summed E-state index contributed by atoms with van der Waals surface area (Å²) < 4.78 is 12.5. The topological polar surface area (TPSA) is 59.0 Å². The second kappa shape index (κ2) is 8.80. The fraction of sp³-hybridized carbons (Fsp3) is 0.577. The highest BCUT2D eigenvalue weighted by Crippen LogP contribution is 2.50. The van der Waals surface area contributed by atoms with E-state index in [0.29, 0.717) is 13.0 Å². The first-order chi connectivity index (χ1) is 14.7. The number of nitrogens with zero attached hydrogens (tertiary/aromatic N) is 1. The summed E-state index contributed by atoms with van der Waals surface area (Å²) >= 11 is 0. The zero-order chi connectivity index (χ0) is 23.9. The van der Waals surface area contributed by atoms with Crippen LogP contribution in [0.4, 0.5) is 4.79 Å². The molecule has 6 heteroatoms. The summed E-state index contributed by atoms with van der Waals surface area (Å²) in [4.78, 5) is 15.1. The Morgan fingerprint density at radius 2 is 1.72 bits per heavy atom. The number of carbonyl (C=O) groups excluding carboxylic acids is 1. The van der Waals surface area contributed by atoms with Crippen molar-refractivity contribution in [2.24, 2.45) is 11.3 Å².